The fourth-order valence-electron chi connectivity index (χ4n) is 0.868. The van der Waals surface area contributed by atoms with E-state index < -0.39 is 0 Å². The van der Waals surface area contributed by atoms with E-state index in [0.717, 1.165) is 0 Å². The van der Waals surface area contributed by atoms with Gasteiger partial charge in [0.05, 0.1) is 19.2 Å². The van der Waals surface area contributed by atoms with Crippen LogP contribution in [-0.2, 0) is 4.74 Å². The first-order valence-corrected chi connectivity index (χ1v) is 5.19. The molecule has 0 spiro atoms. The van der Waals surface area contributed by atoms with Crippen LogP contribution in [0, 0.1) is 6.92 Å². The average Bonchev–Trinajstić information content (AvgIpc) is 2.15. The van der Waals surface area contributed by atoms with Gasteiger partial charge in [-0.15, -0.1) is 0 Å². The Morgan fingerprint density at radius 1 is 1.31 bits per heavy atom. The van der Waals surface area contributed by atoms with Crippen molar-refractivity contribution in [2.45, 2.75) is 11.8 Å². The zero-order valence-electron chi connectivity index (χ0n) is 7.69. The molecule has 0 heterocycles. The van der Waals surface area contributed by atoms with Gasteiger partial charge in [0.25, 0.3) is 0 Å². The minimum Gasteiger partial charge on any atom is -0.394 e. The zero-order valence-corrected chi connectivity index (χ0v) is 8.51. The molecule has 0 fully saturated rings. The normalized spacial score (nSPS) is 10.3. The molecule has 0 amide bonds. The summed E-state index contributed by atoms with van der Waals surface area (Å²) in [5.41, 5.74) is 1.26. The molecule has 0 aliphatic carbocycles. The second kappa shape index (κ2) is 6.02. The highest BCUT2D eigenvalue weighted by atomic mass is 32.2. The molecule has 0 atom stereocenters. The monoisotopic (exact) mass is 198 g/mol. The number of benzene rings is 1. The Labute approximate surface area is 82.9 Å². The zero-order chi connectivity index (χ0) is 9.52. The van der Waals surface area contributed by atoms with E-state index in [4.69, 9.17) is 9.84 Å². The van der Waals surface area contributed by atoms with Gasteiger partial charge in [0.15, 0.2) is 0 Å². The predicted octanol–water partition coefficient (Wildman–Crippen LogP) is 2.05. The van der Waals surface area contributed by atoms with Crippen molar-refractivity contribution in [2.24, 2.45) is 0 Å². The maximum atomic E-state index is 8.47. The number of aryl methyl sites for hydroxylation is 1. The number of ether oxygens (including phenoxy) is 1. The van der Waals surface area contributed by atoms with Gasteiger partial charge in [-0.2, -0.15) is 0 Å². The van der Waals surface area contributed by atoms with Crippen LogP contribution in [-0.4, -0.2) is 24.3 Å². The summed E-state index contributed by atoms with van der Waals surface area (Å²) in [6.07, 6.45) is 0. The van der Waals surface area contributed by atoms with Crippen LogP contribution in [0.2, 0.25) is 0 Å². The lowest BCUT2D eigenvalue weighted by atomic mass is 10.2. The second-order valence-electron chi connectivity index (χ2n) is 2.71. The Morgan fingerprint density at radius 3 is 2.62 bits per heavy atom. The number of aliphatic hydroxyl groups is 1. The molecule has 2 nitrogen and oxygen atoms in total. The summed E-state index contributed by atoms with van der Waals surface area (Å²) < 4.78 is 5.13. The molecule has 0 radical (unpaired) electrons. The minimum atomic E-state index is 0.0917. The fourth-order valence-corrected chi connectivity index (χ4v) is 1.53. The van der Waals surface area contributed by atoms with Crippen LogP contribution in [0.4, 0.5) is 0 Å². The van der Waals surface area contributed by atoms with Crippen LogP contribution in [0.15, 0.2) is 29.2 Å². The Morgan fingerprint density at radius 2 is 2.00 bits per heavy atom. The molecule has 0 saturated heterocycles. The van der Waals surface area contributed by atoms with Crippen molar-refractivity contribution in [3.8, 4) is 0 Å². The quantitative estimate of drug-likeness (QED) is 0.446. The minimum absolute atomic E-state index is 0.0917. The summed E-state index contributed by atoms with van der Waals surface area (Å²) in [6.45, 7) is 2.57. The molecule has 0 aliphatic rings. The Balaban J connectivity index is 2.25. The van der Waals surface area contributed by atoms with Gasteiger partial charge in [-0.25, -0.2) is 0 Å². The topological polar surface area (TPSA) is 29.5 Å². The van der Waals surface area contributed by atoms with Gasteiger partial charge in [-0.3, -0.25) is 0 Å². The third-order valence-electron chi connectivity index (χ3n) is 1.57. The standard InChI is InChI=1S/C10H14O2S/c1-9-2-4-10(5-3-9)13-8-12-7-6-11/h2-5,11H,6-8H2,1H3. The number of aliphatic hydroxyl groups excluding tert-OH is 1. The summed E-state index contributed by atoms with van der Waals surface area (Å²) >= 11 is 1.64. The molecule has 3 heteroatoms. The first-order chi connectivity index (χ1) is 6.33. The first kappa shape index (κ1) is 10.6. The molecule has 0 bridgehead atoms. The number of rotatable bonds is 5. The van der Waals surface area contributed by atoms with Gasteiger partial charge < -0.3 is 9.84 Å². The maximum absolute atomic E-state index is 8.47. The molecule has 1 aromatic carbocycles. The van der Waals surface area contributed by atoms with E-state index >= 15 is 0 Å². The Hall–Kier alpha value is -0.510. The highest BCUT2D eigenvalue weighted by molar-refractivity contribution is 7.99. The van der Waals surface area contributed by atoms with Crippen molar-refractivity contribution in [2.75, 3.05) is 19.2 Å². The van der Waals surface area contributed by atoms with E-state index in [1.807, 2.05) is 0 Å². The van der Waals surface area contributed by atoms with Crippen molar-refractivity contribution in [3.63, 3.8) is 0 Å². The molecule has 72 valence electrons. The van der Waals surface area contributed by atoms with Crippen LogP contribution in [0.25, 0.3) is 0 Å². The highest BCUT2D eigenvalue weighted by Gasteiger charge is 1.92. The summed E-state index contributed by atoms with van der Waals surface area (Å²) in [7, 11) is 0. The second-order valence-corrected chi connectivity index (χ2v) is 3.70. The molecule has 13 heavy (non-hydrogen) atoms. The third kappa shape index (κ3) is 4.31. The lowest BCUT2D eigenvalue weighted by Crippen LogP contribution is -1.97. The molecule has 1 rings (SSSR count). The predicted molar refractivity (Wildman–Crippen MR) is 54.9 cm³/mol. The number of hydrogen-bond donors (Lipinski definition) is 1. The molecule has 0 saturated carbocycles. The van der Waals surface area contributed by atoms with Crippen LogP contribution in [0.5, 0.6) is 0 Å². The maximum Gasteiger partial charge on any atom is 0.0968 e. The molecule has 0 aliphatic heterocycles. The molecule has 0 aromatic heterocycles. The van der Waals surface area contributed by atoms with Crippen LogP contribution >= 0.6 is 11.8 Å². The molecular formula is C10H14O2S. The molecule has 1 N–H and O–H groups in total. The van der Waals surface area contributed by atoms with Gasteiger partial charge in [0.1, 0.15) is 0 Å². The van der Waals surface area contributed by atoms with Crippen LogP contribution < -0.4 is 0 Å². The smallest absolute Gasteiger partial charge is 0.0968 e. The van der Waals surface area contributed by atoms with Crippen LogP contribution in [0.3, 0.4) is 0 Å². The van der Waals surface area contributed by atoms with E-state index in [0.29, 0.717) is 12.5 Å². The fraction of sp³-hybridized carbons (Fsp3) is 0.400. The molecular weight excluding hydrogens is 184 g/mol. The lowest BCUT2D eigenvalue weighted by Gasteiger charge is -2.02. The largest absolute Gasteiger partial charge is 0.394 e. The van der Waals surface area contributed by atoms with Gasteiger partial charge in [-0.05, 0) is 19.1 Å². The molecule has 1 aromatic rings. The van der Waals surface area contributed by atoms with Crippen molar-refractivity contribution in [3.05, 3.63) is 29.8 Å². The van der Waals surface area contributed by atoms with Gasteiger partial charge in [-0.1, -0.05) is 29.5 Å². The summed E-state index contributed by atoms with van der Waals surface area (Å²) in [5, 5.41) is 8.47. The van der Waals surface area contributed by atoms with Gasteiger partial charge in [0, 0.05) is 4.90 Å². The van der Waals surface area contributed by atoms with Crippen molar-refractivity contribution in [1.29, 1.82) is 0 Å². The Bertz CT molecular complexity index is 233. The highest BCUT2D eigenvalue weighted by Crippen LogP contribution is 2.17. The summed E-state index contributed by atoms with van der Waals surface area (Å²) in [4.78, 5) is 1.20. The van der Waals surface area contributed by atoms with E-state index in [1.54, 1.807) is 11.8 Å². The van der Waals surface area contributed by atoms with E-state index in [2.05, 4.69) is 31.2 Å². The third-order valence-corrected chi connectivity index (χ3v) is 2.46. The van der Waals surface area contributed by atoms with Crippen LogP contribution in [0.1, 0.15) is 5.56 Å². The SMILES string of the molecule is Cc1ccc(SCOCCO)cc1. The number of thioether (sulfide) groups is 1. The Kier molecular flexibility index (Phi) is 4.90. The summed E-state index contributed by atoms with van der Waals surface area (Å²) in [6, 6.07) is 8.30. The van der Waals surface area contributed by atoms with Crippen molar-refractivity contribution >= 4 is 11.8 Å². The first-order valence-electron chi connectivity index (χ1n) is 4.21. The lowest BCUT2D eigenvalue weighted by molar-refractivity contribution is 0.125. The van der Waals surface area contributed by atoms with Gasteiger partial charge in [0.2, 0.25) is 0 Å². The summed E-state index contributed by atoms with van der Waals surface area (Å²) in [5.74, 6) is 0.601. The van der Waals surface area contributed by atoms with Gasteiger partial charge >= 0.3 is 0 Å². The number of hydrogen-bond acceptors (Lipinski definition) is 3. The van der Waals surface area contributed by atoms with Crippen molar-refractivity contribution in [1.82, 2.24) is 0 Å². The van der Waals surface area contributed by atoms with E-state index in [9.17, 15) is 0 Å². The van der Waals surface area contributed by atoms with E-state index in [-0.39, 0.29) is 6.61 Å². The van der Waals surface area contributed by atoms with E-state index in [1.165, 1.54) is 10.5 Å². The van der Waals surface area contributed by atoms with Crippen molar-refractivity contribution < 1.29 is 9.84 Å². The average molecular weight is 198 g/mol. The molecule has 0 unspecified atom stereocenters.